The molecule has 0 unspecified atom stereocenters. The van der Waals surface area contributed by atoms with Gasteiger partial charge in [0.1, 0.15) is 0 Å². The number of nitrogens with zero attached hydrogens (tertiary/aromatic N) is 4. The second kappa shape index (κ2) is 7.58. The van der Waals surface area contributed by atoms with E-state index in [2.05, 4.69) is 12.0 Å². The third-order valence-corrected chi connectivity index (χ3v) is 5.86. The molecule has 0 aromatic carbocycles. The predicted molar refractivity (Wildman–Crippen MR) is 96.1 cm³/mol. The van der Waals surface area contributed by atoms with Gasteiger partial charge in [-0.25, -0.2) is 0 Å². The lowest BCUT2D eigenvalue weighted by Gasteiger charge is -2.31. The van der Waals surface area contributed by atoms with E-state index in [-0.39, 0.29) is 11.8 Å². The van der Waals surface area contributed by atoms with Gasteiger partial charge < -0.3 is 9.80 Å². The summed E-state index contributed by atoms with van der Waals surface area (Å²) in [6, 6.07) is 0. The van der Waals surface area contributed by atoms with Crippen LogP contribution in [0.1, 0.15) is 49.1 Å². The van der Waals surface area contributed by atoms with E-state index < -0.39 is 0 Å². The third-order valence-electron chi connectivity index (χ3n) is 5.86. The predicted octanol–water partition coefficient (Wildman–Crippen LogP) is 1.83. The molecule has 0 spiro atoms. The van der Waals surface area contributed by atoms with Gasteiger partial charge in [-0.2, -0.15) is 5.10 Å². The van der Waals surface area contributed by atoms with Crippen molar-refractivity contribution in [3.63, 3.8) is 0 Å². The standard InChI is InChI=1S/C19H30N4O2/c1-14-17(15(2)21(3)20-14)8-9-18(24)22-10-5-11-23(13-12-22)19(25)16-6-4-7-16/h16H,4-13H2,1-3H3. The Morgan fingerprint density at radius 1 is 1.04 bits per heavy atom. The smallest absolute Gasteiger partial charge is 0.225 e. The molecule has 2 aliphatic rings. The summed E-state index contributed by atoms with van der Waals surface area (Å²) in [5, 5.41) is 4.42. The summed E-state index contributed by atoms with van der Waals surface area (Å²) in [5.41, 5.74) is 3.34. The number of carbonyl (C=O) groups is 2. The van der Waals surface area contributed by atoms with Gasteiger partial charge in [-0.1, -0.05) is 6.42 Å². The van der Waals surface area contributed by atoms with E-state index in [0.717, 1.165) is 50.2 Å². The van der Waals surface area contributed by atoms with Crippen LogP contribution in [0.3, 0.4) is 0 Å². The second-order valence-corrected chi connectivity index (χ2v) is 7.46. The topological polar surface area (TPSA) is 58.4 Å². The van der Waals surface area contributed by atoms with Gasteiger partial charge in [-0.3, -0.25) is 14.3 Å². The number of rotatable bonds is 4. The minimum Gasteiger partial charge on any atom is -0.341 e. The SMILES string of the molecule is Cc1nn(C)c(C)c1CCC(=O)N1CCCN(C(=O)C2CCC2)CC1. The van der Waals surface area contributed by atoms with Crippen molar-refractivity contribution in [3.8, 4) is 0 Å². The average molecular weight is 346 g/mol. The maximum absolute atomic E-state index is 12.6. The summed E-state index contributed by atoms with van der Waals surface area (Å²) < 4.78 is 1.88. The molecule has 138 valence electrons. The average Bonchev–Trinajstić information content (AvgIpc) is 2.72. The van der Waals surface area contributed by atoms with Crippen LogP contribution in [0.4, 0.5) is 0 Å². The summed E-state index contributed by atoms with van der Waals surface area (Å²) in [5.74, 6) is 0.751. The van der Waals surface area contributed by atoms with Gasteiger partial charge in [0.2, 0.25) is 11.8 Å². The lowest BCUT2D eigenvalue weighted by Crippen LogP contribution is -2.41. The Bertz CT molecular complexity index is 648. The monoisotopic (exact) mass is 346 g/mol. The fraction of sp³-hybridized carbons (Fsp3) is 0.737. The van der Waals surface area contributed by atoms with Crippen LogP contribution in [-0.4, -0.2) is 57.6 Å². The first kappa shape index (κ1) is 18.0. The Hall–Kier alpha value is -1.85. The fourth-order valence-electron chi connectivity index (χ4n) is 3.87. The quantitative estimate of drug-likeness (QED) is 0.836. The number of hydrogen-bond acceptors (Lipinski definition) is 3. The van der Waals surface area contributed by atoms with Crippen molar-refractivity contribution in [1.82, 2.24) is 19.6 Å². The summed E-state index contributed by atoms with van der Waals surface area (Å²) in [6.45, 7) is 6.96. The molecule has 1 saturated heterocycles. The number of carbonyl (C=O) groups excluding carboxylic acids is 2. The Kier molecular flexibility index (Phi) is 5.45. The highest BCUT2D eigenvalue weighted by Crippen LogP contribution is 2.28. The summed E-state index contributed by atoms with van der Waals surface area (Å²) in [6.07, 6.45) is 5.41. The maximum atomic E-state index is 12.6. The third kappa shape index (κ3) is 3.88. The van der Waals surface area contributed by atoms with Crippen molar-refractivity contribution >= 4 is 11.8 Å². The molecular weight excluding hydrogens is 316 g/mol. The molecule has 1 aromatic rings. The lowest BCUT2D eigenvalue weighted by molar-refractivity contribution is -0.138. The molecule has 1 aliphatic heterocycles. The Labute approximate surface area is 150 Å². The second-order valence-electron chi connectivity index (χ2n) is 7.46. The Morgan fingerprint density at radius 2 is 1.72 bits per heavy atom. The molecule has 2 heterocycles. The van der Waals surface area contributed by atoms with Crippen molar-refractivity contribution in [2.24, 2.45) is 13.0 Å². The minimum atomic E-state index is 0.195. The van der Waals surface area contributed by atoms with Gasteiger partial charge in [0.25, 0.3) is 0 Å². The molecule has 0 N–H and O–H groups in total. The number of hydrogen-bond donors (Lipinski definition) is 0. The van der Waals surface area contributed by atoms with Crippen molar-refractivity contribution in [1.29, 1.82) is 0 Å². The Morgan fingerprint density at radius 3 is 2.32 bits per heavy atom. The van der Waals surface area contributed by atoms with Gasteiger partial charge in [-0.15, -0.1) is 0 Å². The molecule has 0 bridgehead atoms. The van der Waals surface area contributed by atoms with Gasteiger partial charge in [0, 0.05) is 51.3 Å². The van der Waals surface area contributed by atoms with E-state index in [1.54, 1.807) is 0 Å². The molecule has 0 atom stereocenters. The zero-order valence-electron chi connectivity index (χ0n) is 15.8. The van der Waals surface area contributed by atoms with E-state index >= 15 is 0 Å². The molecule has 0 radical (unpaired) electrons. The van der Waals surface area contributed by atoms with Gasteiger partial charge >= 0.3 is 0 Å². The number of amides is 2. The van der Waals surface area contributed by atoms with Crippen molar-refractivity contribution in [2.45, 2.75) is 52.4 Å². The van der Waals surface area contributed by atoms with E-state index in [1.807, 2.05) is 28.5 Å². The van der Waals surface area contributed by atoms with Crippen LogP contribution >= 0.6 is 0 Å². The highest BCUT2D eigenvalue weighted by atomic mass is 16.2. The van der Waals surface area contributed by atoms with Crippen LogP contribution < -0.4 is 0 Å². The molecule has 1 saturated carbocycles. The molecule has 25 heavy (non-hydrogen) atoms. The normalized spacial score (nSPS) is 18.8. The zero-order chi connectivity index (χ0) is 18.0. The Balaban J connectivity index is 1.51. The summed E-state index contributed by atoms with van der Waals surface area (Å²) in [4.78, 5) is 29.0. The minimum absolute atomic E-state index is 0.195. The molecule has 1 aliphatic carbocycles. The van der Waals surface area contributed by atoms with Crippen LogP contribution in [-0.2, 0) is 23.1 Å². The maximum Gasteiger partial charge on any atom is 0.225 e. The van der Waals surface area contributed by atoms with Gasteiger partial charge in [-0.05, 0) is 45.1 Å². The van der Waals surface area contributed by atoms with E-state index in [0.29, 0.717) is 25.4 Å². The first-order valence-electron chi connectivity index (χ1n) is 9.53. The van der Waals surface area contributed by atoms with Gasteiger partial charge in [0.05, 0.1) is 5.69 Å². The first-order chi connectivity index (χ1) is 12.0. The van der Waals surface area contributed by atoms with Gasteiger partial charge in [0.15, 0.2) is 0 Å². The molecular formula is C19H30N4O2. The van der Waals surface area contributed by atoms with Crippen LogP contribution in [0.5, 0.6) is 0 Å². The first-order valence-corrected chi connectivity index (χ1v) is 9.53. The van der Waals surface area contributed by atoms with Crippen molar-refractivity contribution in [3.05, 3.63) is 17.0 Å². The molecule has 3 rings (SSSR count). The van der Waals surface area contributed by atoms with E-state index in [1.165, 1.54) is 12.0 Å². The van der Waals surface area contributed by atoms with Crippen LogP contribution in [0.15, 0.2) is 0 Å². The van der Waals surface area contributed by atoms with Crippen molar-refractivity contribution in [2.75, 3.05) is 26.2 Å². The highest BCUT2D eigenvalue weighted by Gasteiger charge is 2.30. The van der Waals surface area contributed by atoms with Crippen LogP contribution in [0.2, 0.25) is 0 Å². The van der Waals surface area contributed by atoms with Crippen molar-refractivity contribution < 1.29 is 9.59 Å². The fourth-order valence-corrected chi connectivity index (χ4v) is 3.87. The molecule has 2 fully saturated rings. The zero-order valence-corrected chi connectivity index (χ0v) is 15.8. The summed E-state index contributed by atoms with van der Waals surface area (Å²) in [7, 11) is 1.94. The molecule has 6 heteroatoms. The molecule has 1 aromatic heterocycles. The lowest BCUT2D eigenvalue weighted by atomic mass is 9.84. The van der Waals surface area contributed by atoms with Crippen LogP contribution in [0.25, 0.3) is 0 Å². The molecule has 2 amide bonds. The highest BCUT2D eigenvalue weighted by molar-refractivity contribution is 5.80. The summed E-state index contributed by atoms with van der Waals surface area (Å²) >= 11 is 0. The van der Waals surface area contributed by atoms with E-state index in [9.17, 15) is 9.59 Å². The largest absolute Gasteiger partial charge is 0.341 e. The molecule has 6 nitrogen and oxygen atoms in total. The number of aryl methyl sites for hydroxylation is 2. The van der Waals surface area contributed by atoms with E-state index in [4.69, 9.17) is 0 Å². The number of aromatic nitrogens is 2. The van der Waals surface area contributed by atoms with Crippen LogP contribution in [0, 0.1) is 19.8 Å².